The second-order valence-corrected chi connectivity index (χ2v) is 4.89. The number of amides is 1. The minimum atomic E-state index is -0.163. The van der Waals surface area contributed by atoms with Gasteiger partial charge in [0.25, 0.3) is 0 Å². The molecule has 106 valence electrons. The van der Waals surface area contributed by atoms with Crippen molar-refractivity contribution in [2.24, 2.45) is 0 Å². The number of halogens is 1. The topological polar surface area (TPSA) is 73.9 Å². The molecule has 0 fully saturated rings. The van der Waals surface area contributed by atoms with E-state index in [-0.39, 0.29) is 18.5 Å². The summed E-state index contributed by atoms with van der Waals surface area (Å²) in [5, 5.41) is 3.43. The molecule has 0 aliphatic carbocycles. The molecule has 20 heavy (non-hydrogen) atoms. The Bertz CT molecular complexity index is 555. The number of aromatic amines is 1. The van der Waals surface area contributed by atoms with E-state index < -0.39 is 0 Å². The van der Waals surface area contributed by atoms with Crippen LogP contribution in [0.2, 0.25) is 5.02 Å². The van der Waals surface area contributed by atoms with E-state index in [1.54, 1.807) is 42.7 Å². The van der Waals surface area contributed by atoms with Gasteiger partial charge in [-0.1, -0.05) is 11.6 Å². The number of imidazole rings is 1. The van der Waals surface area contributed by atoms with E-state index in [9.17, 15) is 4.79 Å². The third-order valence-corrected chi connectivity index (χ3v) is 3.01. The first-order valence-corrected chi connectivity index (χ1v) is 6.55. The maximum atomic E-state index is 12.0. The Balaban J connectivity index is 1.89. The molecule has 2 aromatic rings. The number of carbonyl (C=O) groups is 1. The van der Waals surface area contributed by atoms with E-state index >= 15 is 0 Å². The summed E-state index contributed by atoms with van der Waals surface area (Å²) in [5.74, 6) is 1.31. The van der Waals surface area contributed by atoms with Crippen LogP contribution < -0.4 is 10.2 Å². The standard InChI is InChI=1S/C13H16ClN5O/c1-9(13-15-5-6-16-13)18-12(20)8-19(2)11-4-3-10(14)7-17-11/h3-7,9H,8H2,1-2H3,(H,15,16)(H,18,20). The predicted octanol–water partition coefficient (Wildman–Crippen LogP) is 1.77. The van der Waals surface area contributed by atoms with Crippen LogP contribution >= 0.6 is 11.6 Å². The largest absolute Gasteiger partial charge is 0.350 e. The zero-order valence-electron chi connectivity index (χ0n) is 11.3. The van der Waals surface area contributed by atoms with Gasteiger partial charge in [-0.15, -0.1) is 0 Å². The highest BCUT2D eigenvalue weighted by molar-refractivity contribution is 6.30. The van der Waals surface area contributed by atoms with Gasteiger partial charge < -0.3 is 15.2 Å². The van der Waals surface area contributed by atoms with E-state index in [2.05, 4.69) is 20.3 Å². The Labute approximate surface area is 122 Å². The Kier molecular flexibility index (Phi) is 4.57. The maximum absolute atomic E-state index is 12.0. The third kappa shape index (κ3) is 3.71. The lowest BCUT2D eigenvalue weighted by atomic mass is 10.3. The van der Waals surface area contributed by atoms with Gasteiger partial charge in [0.1, 0.15) is 11.6 Å². The molecule has 0 spiro atoms. The van der Waals surface area contributed by atoms with Gasteiger partial charge in [0, 0.05) is 25.6 Å². The van der Waals surface area contributed by atoms with Crippen LogP contribution in [0.25, 0.3) is 0 Å². The first-order valence-electron chi connectivity index (χ1n) is 6.17. The number of hydrogen-bond donors (Lipinski definition) is 2. The molecule has 0 aliphatic rings. The molecule has 6 nitrogen and oxygen atoms in total. The lowest BCUT2D eigenvalue weighted by Crippen LogP contribution is -2.37. The molecule has 0 bridgehead atoms. The van der Waals surface area contributed by atoms with Crippen LogP contribution in [0.1, 0.15) is 18.8 Å². The van der Waals surface area contributed by atoms with Gasteiger partial charge in [0.2, 0.25) is 5.91 Å². The summed E-state index contributed by atoms with van der Waals surface area (Å²) in [6.07, 6.45) is 4.93. The van der Waals surface area contributed by atoms with Gasteiger partial charge in [-0.05, 0) is 19.1 Å². The van der Waals surface area contributed by atoms with Gasteiger partial charge in [0.15, 0.2) is 0 Å². The molecule has 0 radical (unpaired) electrons. The van der Waals surface area contributed by atoms with E-state index in [1.165, 1.54) is 0 Å². The van der Waals surface area contributed by atoms with Crippen molar-refractivity contribution < 1.29 is 4.79 Å². The Morgan fingerprint density at radius 3 is 2.90 bits per heavy atom. The predicted molar refractivity (Wildman–Crippen MR) is 77.7 cm³/mol. The van der Waals surface area contributed by atoms with Crippen LogP contribution in [0.15, 0.2) is 30.7 Å². The Hall–Kier alpha value is -2.08. The van der Waals surface area contributed by atoms with Crippen molar-refractivity contribution in [2.75, 3.05) is 18.5 Å². The fourth-order valence-electron chi connectivity index (χ4n) is 1.76. The van der Waals surface area contributed by atoms with Crippen LogP contribution in [0.4, 0.5) is 5.82 Å². The van der Waals surface area contributed by atoms with Gasteiger partial charge in [-0.25, -0.2) is 9.97 Å². The van der Waals surface area contributed by atoms with Crippen molar-refractivity contribution in [1.82, 2.24) is 20.3 Å². The molecular weight excluding hydrogens is 278 g/mol. The van der Waals surface area contributed by atoms with Crippen molar-refractivity contribution in [3.8, 4) is 0 Å². The summed E-state index contributed by atoms with van der Waals surface area (Å²) in [7, 11) is 1.80. The number of hydrogen-bond acceptors (Lipinski definition) is 4. The van der Waals surface area contributed by atoms with Crippen LogP contribution in [0.3, 0.4) is 0 Å². The summed E-state index contributed by atoms with van der Waals surface area (Å²) >= 11 is 5.78. The minimum absolute atomic E-state index is 0.104. The number of anilines is 1. The number of rotatable bonds is 5. The third-order valence-electron chi connectivity index (χ3n) is 2.79. The minimum Gasteiger partial charge on any atom is -0.350 e. The monoisotopic (exact) mass is 293 g/mol. The Morgan fingerprint density at radius 2 is 2.30 bits per heavy atom. The molecule has 1 amide bonds. The summed E-state index contributed by atoms with van der Waals surface area (Å²) in [6, 6.07) is 3.35. The van der Waals surface area contributed by atoms with Crippen molar-refractivity contribution in [3.05, 3.63) is 41.6 Å². The maximum Gasteiger partial charge on any atom is 0.240 e. The van der Waals surface area contributed by atoms with Crippen molar-refractivity contribution in [2.45, 2.75) is 13.0 Å². The van der Waals surface area contributed by atoms with Crippen molar-refractivity contribution in [3.63, 3.8) is 0 Å². The number of pyridine rings is 1. The summed E-state index contributed by atoms with van der Waals surface area (Å²) < 4.78 is 0. The average molecular weight is 294 g/mol. The molecule has 2 rings (SSSR count). The molecule has 0 saturated heterocycles. The SMILES string of the molecule is CC(NC(=O)CN(C)c1ccc(Cl)cn1)c1ncc[nH]1. The molecule has 2 N–H and O–H groups in total. The van der Waals surface area contributed by atoms with Gasteiger partial charge in [0.05, 0.1) is 17.6 Å². The highest BCUT2D eigenvalue weighted by Gasteiger charge is 2.13. The molecule has 2 heterocycles. The average Bonchev–Trinajstić information content (AvgIpc) is 2.93. The molecule has 1 unspecified atom stereocenters. The summed E-state index contributed by atoms with van der Waals surface area (Å²) in [5.41, 5.74) is 0. The van der Waals surface area contributed by atoms with Crippen LogP contribution in [0, 0.1) is 0 Å². The van der Waals surface area contributed by atoms with E-state index in [1.807, 2.05) is 6.92 Å². The second-order valence-electron chi connectivity index (χ2n) is 4.45. The number of nitrogens with zero attached hydrogens (tertiary/aromatic N) is 3. The lowest BCUT2D eigenvalue weighted by molar-refractivity contribution is -0.120. The molecule has 7 heteroatoms. The number of nitrogens with one attached hydrogen (secondary N) is 2. The van der Waals surface area contributed by atoms with Gasteiger partial charge in [-0.3, -0.25) is 4.79 Å². The van der Waals surface area contributed by atoms with Gasteiger partial charge >= 0.3 is 0 Å². The normalized spacial score (nSPS) is 11.9. The molecule has 0 aromatic carbocycles. The van der Waals surface area contributed by atoms with Crippen LogP contribution in [0.5, 0.6) is 0 Å². The molecule has 0 saturated carbocycles. The fourth-order valence-corrected chi connectivity index (χ4v) is 1.87. The van der Waals surface area contributed by atoms with E-state index in [0.29, 0.717) is 10.8 Å². The highest BCUT2D eigenvalue weighted by Crippen LogP contribution is 2.12. The fraction of sp³-hybridized carbons (Fsp3) is 0.308. The van der Waals surface area contributed by atoms with Crippen molar-refractivity contribution >= 4 is 23.3 Å². The van der Waals surface area contributed by atoms with E-state index in [4.69, 9.17) is 11.6 Å². The summed E-state index contributed by atoms with van der Waals surface area (Å²) in [6.45, 7) is 2.08. The summed E-state index contributed by atoms with van der Waals surface area (Å²) in [4.78, 5) is 24.9. The number of H-pyrrole nitrogens is 1. The molecule has 0 aliphatic heterocycles. The first kappa shape index (κ1) is 14.3. The first-order chi connectivity index (χ1) is 9.56. The van der Waals surface area contributed by atoms with Crippen LogP contribution in [-0.2, 0) is 4.79 Å². The van der Waals surface area contributed by atoms with Crippen molar-refractivity contribution in [1.29, 1.82) is 0 Å². The lowest BCUT2D eigenvalue weighted by Gasteiger charge is -2.19. The highest BCUT2D eigenvalue weighted by atomic mass is 35.5. The molecule has 2 aromatic heterocycles. The zero-order valence-corrected chi connectivity index (χ0v) is 12.1. The second kappa shape index (κ2) is 6.38. The van der Waals surface area contributed by atoms with Gasteiger partial charge in [-0.2, -0.15) is 0 Å². The Morgan fingerprint density at radius 1 is 1.50 bits per heavy atom. The number of likely N-dealkylation sites (N-methyl/N-ethyl adjacent to an activating group) is 1. The number of carbonyl (C=O) groups excluding carboxylic acids is 1. The molecule has 1 atom stereocenters. The zero-order chi connectivity index (χ0) is 14.5. The van der Waals surface area contributed by atoms with Crippen LogP contribution in [-0.4, -0.2) is 34.5 Å². The number of aromatic nitrogens is 3. The molecular formula is C13H16ClN5O. The smallest absolute Gasteiger partial charge is 0.240 e. The van der Waals surface area contributed by atoms with E-state index in [0.717, 1.165) is 5.82 Å². The quantitative estimate of drug-likeness (QED) is 0.881.